The number of hydrogen-bond acceptors (Lipinski definition) is 6. The molecule has 0 aliphatic rings. The molecule has 0 saturated carbocycles. The summed E-state index contributed by atoms with van der Waals surface area (Å²) < 4.78 is 7.17. The molecule has 30 heavy (non-hydrogen) atoms. The summed E-state index contributed by atoms with van der Waals surface area (Å²) in [6, 6.07) is 17.7. The lowest BCUT2D eigenvalue weighted by molar-refractivity contribution is 0.415. The van der Waals surface area contributed by atoms with Crippen molar-refractivity contribution in [1.29, 1.82) is 0 Å². The van der Waals surface area contributed by atoms with Crippen LogP contribution in [-0.2, 0) is 0 Å². The Labute approximate surface area is 176 Å². The van der Waals surface area contributed by atoms with Crippen LogP contribution in [0.1, 0.15) is 20.3 Å². The van der Waals surface area contributed by atoms with E-state index in [0.717, 1.165) is 41.1 Å². The van der Waals surface area contributed by atoms with E-state index in [0.29, 0.717) is 17.7 Å². The van der Waals surface area contributed by atoms with E-state index in [1.54, 1.807) is 13.3 Å². The normalized spacial score (nSPS) is 11.1. The molecule has 154 valence electrons. The van der Waals surface area contributed by atoms with Crippen molar-refractivity contribution in [2.75, 3.05) is 24.3 Å². The van der Waals surface area contributed by atoms with Crippen molar-refractivity contribution < 1.29 is 4.74 Å². The molecule has 0 amide bonds. The van der Waals surface area contributed by atoms with Gasteiger partial charge in [0.05, 0.1) is 24.4 Å². The fraction of sp³-hybridized carbons (Fsp3) is 0.261. The van der Waals surface area contributed by atoms with Crippen LogP contribution in [0.5, 0.6) is 5.75 Å². The topological polar surface area (TPSA) is 76.9 Å². The molecule has 0 aliphatic heterocycles. The highest BCUT2D eigenvalue weighted by Crippen LogP contribution is 2.28. The van der Waals surface area contributed by atoms with Crippen molar-refractivity contribution >= 4 is 28.5 Å². The lowest BCUT2D eigenvalue weighted by Gasteiger charge is -2.12. The lowest BCUT2D eigenvalue weighted by atomic mass is 10.1. The Bertz CT molecular complexity index is 1120. The van der Waals surface area contributed by atoms with Crippen molar-refractivity contribution in [3.8, 4) is 11.4 Å². The summed E-state index contributed by atoms with van der Waals surface area (Å²) >= 11 is 0. The maximum absolute atomic E-state index is 5.34. The second-order valence-corrected chi connectivity index (χ2v) is 7.49. The molecule has 0 fully saturated rings. The summed E-state index contributed by atoms with van der Waals surface area (Å²) in [4.78, 5) is 9.49. The van der Waals surface area contributed by atoms with Gasteiger partial charge in [-0.3, -0.25) is 0 Å². The van der Waals surface area contributed by atoms with E-state index < -0.39 is 0 Å². The van der Waals surface area contributed by atoms with Gasteiger partial charge in [0.2, 0.25) is 5.95 Å². The second kappa shape index (κ2) is 8.82. The molecule has 4 rings (SSSR count). The van der Waals surface area contributed by atoms with E-state index in [9.17, 15) is 0 Å². The Morgan fingerprint density at radius 3 is 2.63 bits per heavy atom. The molecule has 2 aromatic carbocycles. The maximum Gasteiger partial charge on any atom is 0.226 e. The van der Waals surface area contributed by atoms with Gasteiger partial charge in [0.25, 0.3) is 0 Å². The van der Waals surface area contributed by atoms with Crippen LogP contribution < -0.4 is 15.4 Å². The monoisotopic (exact) mass is 402 g/mol. The Morgan fingerprint density at radius 1 is 1.03 bits per heavy atom. The van der Waals surface area contributed by atoms with Crippen molar-refractivity contribution in [3.05, 3.63) is 60.8 Å². The highest BCUT2D eigenvalue weighted by molar-refractivity contribution is 5.90. The van der Waals surface area contributed by atoms with E-state index in [4.69, 9.17) is 14.7 Å². The first kappa shape index (κ1) is 19.7. The van der Waals surface area contributed by atoms with E-state index in [1.165, 1.54) is 0 Å². The third-order valence-corrected chi connectivity index (χ3v) is 4.77. The Kier molecular flexibility index (Phi) is 5.79. The van der Waals surface area contributed by atoms with Crippen LogP contribution in [0, 0.1) is 5.92 Å². The van der Waals surface area contributed by atoms with Crippen LogP contribution in [0.25, 0.3) is 16.7 Å². The van der Waals surface area contributed by atoms with E-state index in [-0.39, 0.29) is 0 Å². The molecule has 0 bridgehead atoms. The molecule has 0 unspecified atom stereocenters. The molecule has 0 saturated heterocycles. The number of ether oxygens (including phenoxy) is 1. The zero-order valence-corrected chi connectivity index (χ0v) is 17.5. The maximum atomic E-state index is 5.34. The second-order valence-electron chi connectivity index (χ2n) is 7.49. The van der Waals surface area contributed by atoms with Gasteiger partial charge in [0.15, 0.2) is 5.65 Å². The molecular weight excluding hydrogens is 376 g/mol. The number of para-hydroxylation sites is 1. The number of methoxy groups -OCH3 is 1. The number of anilines is 3. The summed E-state index contributed by atoms with van der Waals surface area (Å²) in [5.74, 6) is 2.65. The largest absolute Gasteiger partial charge is 0.497 e. The van der Waals surface area contributed by atoms with Crippen LogP contribution >= 0.6 is 0 Å². The first-order valence-corrected chi connectivity index (χ1v) is 10.1. The highest BCUT2D eigenvalue weighted by atomic mass is 16.5. The van der Waals surface area contributed by atoms with Crippen LogP contribution in [0.15, 0.2) is 60.8 Å². The van der Waals surface area contributed by atoms with Crippen molar-refractivity contribution in [3.63, 3.8) is 0 Å². The quantitative estimate of drug-likeness (QED) is 0.431. The fourth-order valence-corrected chi connectivity index (χ4v) is 3.15. The van der Waals surface area contributed by atoms with E-state index in [2.05, 4.69) is 29.6 Å². The Morgan fingerprint density at radius 2 is 1.87 bits per heavy atom. The predicted octanol–water partition coefficient (Wildman–Crippen LogP) is 5.03. The smallest absolute Gasteiger partial charge is 0.226 e. The third-order valence-electron chi connectivity index (χ3n) is 4.77. The summed E-state index contributed by atoms with van der Waals surface area (Å²) in [5.41, 5.74) is 2.58. The molecule has 0 atom stereocenters. The van der Waals surface area contributed by atoms with Gasteiger partial charge in [-0.05, 0) is 36.6 Å². The van der Waals surface area contributed by atoms with Gasteiger partial charge in [-0.15, -0.1) is 0 Å². The number of hydrogen-bond donors (Lipinski definition) is 2. The molecule has 7 heteroatoms. The number of aromatic nitrogens is 4. The van der Waals surface area contributed by atoms with Crippen LogP contribution in [-0.4, -0.2) is 33.4 Å². The summed E-state index contributed by atoms with van der Waals surface area (Å²) in [6.45, 7) is 5.21. The van der Waals surface area contributed by atoms with Crippen molar-refractivity contribution in [2.24, 2.45) is 5.92 Å². The molecule has 0 radical (unpaired) electrons. The number of fused-ring (bicyclic) bond motifs is 1. The standard InChI is InChI=1S/C23H26N6O/c1-16(2)12-13-24-23-27-21(26-17-8-7-11-19(14-17)30-3)20-15-25-29(22(20)28-23)18-9-5-4-6-10-18/h4-11,14-16H,12-13H2,1-3H3,(H2,24,26,27,28). The first-order valence-electron chi connectivity index (χ1n) is 10.1. The van der Waals surface area contributed by atoms with E-state index >= 15 is 0 Å². The molecule has 7 nitrogen and oxygen atoms in total. The minimum atomic E-state index is 0.575. The summed E-state index contributed by atoms with van der Waals surface area (Å²) in [6.07, 6.45) is 2.83. The Balaban J connectivity index is 1.75. The molecule has 2 N–H and O–H groups in total. The van der Waals surface area contributed by atoms with Crippen LogP contribution in [0.2, 0.25) is 0 Å². The molecule has 4 aromatic rings. The first-order chi connectivity index (χ1) is 14.6. The zero-order valence-electron chi connectivity index (χ0n) is 17.5. The SMILES string of the molecule is COc1cccc(Nc2nc(NCCC(C)C)nc3c2cnn3-c2ccccc2)c1. The van der Waals surface area contributed by atoms with Crippen LogP contribution in [0.4, 0.5) is 17.5 Å². The van der Waals surface area contributed by atoms with Gasteiger partial charge < -0.3 is 15.4 Å². The number of nitrogens with zero attached hydrogens (tertiary/aromatic N) is 4. The molecule has 0 spiro atoms. The van der Waals surface area contributed by atoms with Gasteiger partial charge in [-0.25, -0.2) is 4.68 Å². The minimum Gasteiger partial charge on any atom is -0.497 e. The predicted molar refractivity (Wildman–Crippen MR) is 121 cm³/mol. The number of benzene rings is 2. The van der Waals surface area contributed by atoms with Crippen molar-refractivity contribution in [1.82, 2.24) is 19.7 Å². The lowest BCUT2D eigenvalue weighted by Crippen LogP contribution is -2.10. The number of rotatable bonds is 8. The van der Waals surface area contributed by atoms with Gasteiger partial charge in [0, 0.05) is 18.3 Å². The van der Waals surface area contributed by atoms with Gasteiger partial charge in [0.1, 0.15) is 11.6 Å². The zero-order chi connectivity index (χ0) is 20.9. The highest BCUT2D eigenvalue weighted by Gasteiger charge is 2.14. The fourth-order valence-electron chi connectivity index (χ4n) is 3.15. The number of nitrogens with one attached hydrogen (secondary N) is 2. The average molecular weight is 403 g/mol. The van der Waals surface area contributed by atoms with E-state index in [1.807, 2.05) is 59.3 Å². The summed E-state index contributed by atoms with van der Waals surface area (Å²) in [7, 11) is 1.66. The molecular formula is C23H26N6O. The van der Waals surface area contributed by atoms with Crippen LogP contribution in [0.3, 0.4) is 0 Å². The van der Waals surface area contributed by atoms with Gasteiger partial charge in [-0.1, -0.05) is 38.1 Å². The molecule has 2 aromatic heterocycles. The van der Waals surface area contributed by atoms with Gasteiger partial charge in [-0.2, -0.15) is 15.1 Å². The molecule has 0 aliphatic carbocycles. The third kappa shape index (κ3) is 4.35. The van der Waals surface area contributed by atoms with Crippen molar-refractivity contribution in [2.45, 2.75) is 20.3 Å². The molecule has 2 heterocycles. The summed E-state index contributed by atoms with van der Waals surface area (Å²) in [5, 5.41) is 12.2. The minimum absolute atomic E-state index is 0.575. The Hall–Kier alpha value is -3.61. The van der Waals surface area contributed by atoms with Gasteiger partial charge >= 0.3 is 0 Å². The average Bonchev–Trinajstić information content (AvgIpc) is 3.18.